The van der Waals surface area contributed by atoms with Gasteiger partial charge in [0.15, 0.2) is 5.65 Å². The summed E-state index contributed by atoms with van der Waals surface area (Å²) in [6.45, 7) is 6.30. The maximum atomic E-state index is 13.1. The van der Waals surface area contributed by atoms with Crippen LogP contribution in [0.5, 0.6) is 0 Å². The summed E-state index contributed by atoms with van der Waals surface area (Å²) in [6.07, 6.45) is 3.48. The second-order valence-corrected chi connectivity index (χ2v) is 7.69. The number of piperidine rings is 1. The number of aromatic amines is 1. The van der Waals surface area contributed by atoms with Crippen molar-refractivity contribution in [1.82, 2.24) is 29.1 Å². The van der Waals surface area contributed by atoms with E-state index in [2.05, 4.69) is 19.7 Å². The molecule has 0 aliphatic carbocycles. The summed E-state index contributed by atoms with van der Waals surface area (Å²) in [5, 5.41) is 7.16. The number of aryl methyl sites for hydroxylation is 2. The summed E-state index contributed by atoms with van der Waals surface area (Å²) in [7, 11) is 0. The highest BCUT2D eigenvalue weighted by Crippen LogP contribution is 2.32. The van der Waals surface area contributed by atoms with Gasteiger partial charge in [-0.05, 0) is 51.1 Å². The Balaban J connectivity index is 1.76. The molecule has 9 heteroatoms. The summed E-state index contributed by atoms with van der Waals surface area (Å²) < 4.78 is 5.39. The zero-order valence-corrected chi connectivity index (χ0v) is 16.5. The second kappa shape index (κ2) is 6.88. The Morgan fingerprint density at radius 1 is 1.33 bits per heavy atom. The van der Waals surface area contributed by atoms with Gasteiger partial charge in [0.25, 0.3) is 11.5 Å². The van der Waals surface area contributed by atoms with Crippen molar-refractivity contribution < 1.29 is 4.79 Å². The van der Waals surface area contributed by atoms with Crippen LogP contribution in [0.1, 0.15) is 64.5 Å². The van der Waals surface area contributed by atoms with Gasteiger partial charge in [-0.15, -0.1) is 5.10 Å². The number of H-pyrrole nitrogens is 1. The fraction of sp³-hybridized carbons (Fsp3) is 0.500. The molecule has 3 aromatic rings. The van der Waals surface area contributed by atoms with Crippen LogP contribution in [-0.4, -0.2) is 41.5 Å². The number of likely N-dealkylation sites (tertiary alicyclic amines) is 1. The van der Waals surface area contributed by atoms with Crippen LogP contribution in [0, 0.1) is 13.8 Å². The second-order valence-electron chi connectivity index (χ2n) is 6.94. The number of amides is 1. The van der Waals surface area contributed by atoms with Crippen LogP contribution in [0.25, 0.3) is 5.65 Å². The van der Waals surface area contributed by atoms with Crippen molar-refractivity contribution in [2.75, 3.05) is 6.54 Å². The molecule has 0 spiro atoms. The van der Waals surface area contributed by atoms with E-state index >= 15 is 0 Å². The molecule has 1 saturated heterocycles. The Morgan fingerprint density at radius 3 is 2.85 bits per heavy atom. The van der Waals surface area contributed by atoms with E-state index in [1.54, 1.807) is 6.92 Å². The summed E-state index contributed by atoms with van der Waals surface area (Å²) in [5.41, 5.74) is 3.50. The predicted molar refractivity (Wildman–Crippen MR) is 102 cm³/mol. The topological polar surface area (TPSA) is 96.2 Å². The molecule has 27 heavy (non-hydrogen) atoms. The third-order valence-electron chi connectivity index (χ3n) is 5.26. The van der Waals surface area contributed by atoms with Crippen molar-refractivity contribution in [1.29, 1.82) is 0 Å². The number of nitrogens with one attached hydrogen (secondary N) is 1. The molecule has 4 rings (SSSR count). The van der Waals surface area contributed by atoms with E-state index < -0.39 is 0 Å². The van der Waals surface area contributed by atoms with E-state index in [4.69, 9.17) is 0 Å². The van der Waals surface area contributed by atoms with Crippen LogP contribution >= 0.6 is 11.5 Å². The molecule has 8 nitrogen and oxygen atoms in total. The lowest BCUT2D eigenvalue weighted by atomic mass is 9.99. The van der Waals surface area contributed by atoms with Crippen molar-refractivity contribution in [3.8, 4) is 0 Å². The first-order chi connectivity index (χ1) is 13.0. The molecule has 0 saturated carbocycles. The van der Waals surface area contributed by atoms with Crippen LogP contribution in [0.3, 0.4) is 0 Å². The molecule has 0 radical (unpaired) electrons. The predicted octanol–water partition coefficient (Wildman–Crippen LogP) is 2.42. The molecule has 1 N–H and O–H groups in total. The summed E-state index contributed by atoms with van der Waals surface area (Å²) in [5.74, 6) is -0.0448. The number of carbonyl (C=O) groups is 1. The minimum Gasteiger partial charge on any atom is -0.329 e. The molecule has 0 bridgehead atoms. The van der Waals surface area contributed by atoms with Gasteiger partial charge in [0, 0.05) is 23.9 Å². The molecule has 1 atom stereocenters. The van der Waals surface area contributed by atoms with E-state index in [9.17, 15) is 9.59 Å². The largest absolute Gasteiger partial charge is 0.329 e. The maximum Gasteiger partial charge on any atom is 0.276 e. The number of carbonyl (C=O) groups excluding carboxylic acids is 1. The highest BCUT2D eigenvalue weighted by Gasteiger charge is 2.32. The first kappa shape index (κ1) is 17.8. The van der Waals surface area contributed by atoms with E-state index in [1.165, 1.54) is 4.52 Å². The number of hydrogen-bond donors (Lipinski definition) is 1. The van der Waals surface area contributed by atoms with Crippen molar-refractivity contribution in [2.24, 2.45) is 0 Å². The first-order valence-electron chi connectivity index (χ1n) is 9.22. The number of aromatic nitrogens is 5. The summed E-state index contributed by atoms with van der Waals surface area (Å²) in [6, 6.07) is 1.78. The Kier molecular flexibility index (Phi) is 4.55. The van der Waals surface area contributed by atoms with Gasteiger partial charge < -0.3 is 4.90 Å². The molecule has 0 unspecified atom stereocenters. The molecular formula is C18H22N6O2S. The van der Waals surface area contributed by atoms with Crippen molar-refractivity contribution in [2.45, 2.75) is 52.5 Å². The minimum atomic E-state index is -0.112. The fourth-order valence-electron chi connectivity index (χ4n) is 3.82. The molecule has 142 valence electrons. The lowest BCUT2D eigenvalue weighted by Crippen LogP contribution is -2.38. The Labute approximate surface area is 160 Å². The van der Waals surface area contributed by atoms with Crippen LogP contribution < -0.4 is 5.56 Å². The van der Waals surface area contributed by atoms with E-state index in [1.807, 2.05) is 24.8 Å². The van der Waals surface area contributed by atoms with Gasteiger partial charge in [-0.1, -0.05) is 11.4 Å². The summed E-state index contributed by atoms with van der Waals surface area (Å²) in [4.78, 5) is 32.8. The highest BCUT2D eigenvalue weighted by molar-refractivity contribution is 7.07. The van der Waals surface area contributed by atoms with E-state index in [0.29, 0.717) is 34.7 Å². The van der Waals surface area contributed by atoms with Gasteiger partial charge in [0.1, 0.15) is 4.88 Å². The number of hydrogen-bond acceptors (Lipinski definition) is 6. The number of nitrogens with zero attached hydrogens (tertiary/aromatic N) is 5. The Bertz CT molecular complexity index is 1070. The van der Waals surface area contributed by atoms with Gasteiger partial charge in [-0.25, -0.2) is 9.50 Å². The number of rotatable bonds is 3. The standard InChI is InChI=1S/C18H22N6O2S/c1-4-12-10(2)19-15-9-13(21-24(15)17(12)25)14-7-5-6-8-23(14)18(26)16-11(3)20-22-27-16/h9,14,21H,4-8H2,1-3H3/t14-/m1/s1. The van der Waals surface area contributed by atoms with Gasteiger partial charge in [0.2, 0.25) is 0 Å². The van der Waals surface area contributed by atoms with Gasteiger partial charge in [0.05, 0.1) is 17.4 Å². The number of fused-ring (bicyclic) bond motifs is 1. The third kappa shape index (κ3) is 2.95. The zero-order valence-electron chi connectivity index (χ0n) is 15.7. The minimum absolute atomic E-state index is 0.0448. The zero-order chi connectivity index (χ0) is 19.1. The molecule has 1 aliphatic heterocycles. The molecule has 1 amide bonds. The van der Waals surface area contributed by atoms with Crippen molar-refractivity contribution >= 4 is 23.1 Å². The lowest BCUT2D eigenvalue weighted by Gasteiger charge is -2.34. The molecule has 0 aromatic carbocycles. The maximum absolute atomic E-state index is 13.1. The van der Waals surface area contributed by atoms with E-state index in [-0.39, 0.29) is 17.5 Å². The molecule has 4 heterocycles. The summed E-state index contributed by atoms with van der Waals surface area (Å²) >= 11 is 1.13. The monoisotopic (exact) mass is 386 g/mol. The lowest BCUT2D eigenvalue weighted by molar-refractivity contribution is 0.0610. The first-order valence-corrected chi connectivity index (χ1v) is 9.99. The van der Waals surface area contributed by atoms with Crippen molar-refractivity contribution in [3.05, 3.63) is 43.9 Å². The van der Waals surface area contributed by atoms with Gasteiger partial charge in [-0.3, -0.25) is 14.7 Å². The normalized spacial score (nSPS) is 17.6. The highest BCUT2D eigenvalue weighted by atomic mass is 32.1. The molecular weight excluding hydrogens is 364 g/mol. The van der Waals surface area contributed by atoms with Crippen LogP contribution in [0.2, 0.25) is 0 Å². The van der Waals surface area contributed by atoms with Crippen LogP contribution in [0.15, 0.2) is 10.9 Å². The smallest absolute Gasteiger partial charge is 0.276 e. The molecule has 3 aromatic heterocycles. The van der Waals surface area contributed by atoms with Crippen LogP contribution in [0.4, 0.5) is 0 Å². The molecule has 1 aliphatic rings. The average Bonchev–Trinajstić information content (AvgIpc) is 3.28. The Hall–Kier alpha value is -2.55. The van der Waals surface area contributed by atoms with Gasteiger partial charge >= 0.3 is 0 Å². The SMILES string of the molecule is CCc1c(C)nc2cc([C@H]3CCCCN3C(=O)c3snnc3C)[nH]n2c1=O. The van der Waals surface area contributed by atoms with Gasteiger partial charge in [-0.2, -0.15) is 0 Å². The average molecular weight is 386 g/mol. The van der Waals surface area contributed by atoms with Crippen molar-refractivity contribution in [3.63, 3.8) is 0 Å². The fourth-order valence-corrected chi connectivity index (χ4v) is 4.44. The van der Waals surface area contributed by atoms with E-state index in [0.717, 1.165) is 42.2 Å². The van der Waals surface area contributed by atoms with Crippen LogP contribution in [-0.2, 0) is 6.42 Å². The quantitative estimate of drug-likeness (QED) is 0.746. The third-order valence-corrected chi connectivity index (χ3v) is 6.07. The molecule has 1 fully saturated rings. The Morgan fingerprint density at radius 2 is 2.15 bits per heavy atom.